The van der Waals surface area contributed by atoms with Gasteiger partial charge in [0.15, 0.2) is 0 Å². The van der Waals surface area contributed by atoms with Crippen molar-refractivity contribution < 1.29 is 4.42 Å². The van der Waals surface area contributed by atoms with E-state index in [4.69, 9.17) is 16.0 Å². The summed E-state index contributed by atoms with van der Waals surface area (Å²) in [4.78, 5) is 8.30. The molecule has 4 nitrogen and oxygen atoms in total. The van der Waals surface area contributed by atoms with Gasteiger partial charge in [-0.3, -0.25) is 0 Å². The predicted molar refractivity (Wildman–Crippen MR) is 57.9 cm³/mol. The Kier molecular flexibility index (Phi) is 4.22. The highest BCUT2D eigenvalue weighted by atomic mass is 35.5. The Hall–Kier alpha value is -0.740. The molecule has 1 aromatic heterocycles. The van der Waals surface area contributed by atoms with Gasteiger partial charge in [0.2, 0.25) is 0 Å². The summed E-state index contributed by atoms with van der Waals surface area (Å²) >= 11 is 5.62. The minimum Gasteiger partial charge on any atom is -0.432 e. The van der Waals surface area contributed by atoms with Crippen molar-refractivity contribution in [2.45, 2.75) is 5.88 Å². The van der Waals surface area contributed by atoms with E-state index in [2.05, 4.69) is 9.88 Å². The Labute approximate surface area is 89.5 Å². The van der Waals surface area contributed by atoms with Crippen molar-refractivity contribution in [2.24, 2.45) is 0 Å². The fourth-order valence-electron chi connectivity index (χ4n) is 0.979. The average Bonchev–Trinajstić information content (AvgIpc) is 2.62. The zero-order valence-electron chi connectivity index (χ0n) is 8.83. The minimum atomic E-state index is 0.394. The maximum absolute atomic E-state index is 5.62. The maximum Gasteiger partial charge on any atom is 0.297 e. The van der Waals surface area contributed by atoms with E-state index in [9.17, 15) is 0 Å². The molecule has 1 aromatic rings. The average molecular weight is 218 g/mol. The van der Waals surface area contributed by atoms with E-state index in [0.29, 0.717) is 11.9 Å². The van der Waals surface area contributed by atoms with Crippen molar-refractivity contribution in [1.82, 2.24) is 9.88 Å². The monoisotopic (exact) mass is 217 g/mol. The van der Waals surface area contributed by atoms with Crippen LogP contribution in [0, 0.1) is 0 Å². The lowest BCUT2D eigenvalue weighted by Crippen LogP contribution is -2.28. The van der Waals surface area contributed by atoms with Gasteiger partial charge in [-0.1, -0.05) is 0 Å². The minimum absolute atomic E-state index is 0.394. The molecule has 0 N–H and O–H groups in total. The summed E-state index contributed by atoms with van der Waals surface area (Å²) in [6, 6.07) is 0.627. The molecule has 0 amide bonds. The van der Waals surface area contributed by atoms with Gasteiger partial charge in [-0.05, 0) is 14.1 Å². The van der Waals surface area contributed by atoms with Gasteiger partial charge in [0.25, 0.3) is 6.01 Å². The van der Waals surface area contributed by atoms with Gasteiger partial charge in [0.1, 0.15) is 6.26 Å². The molecule has 14 heavy (non-hydrogen) atoms. The van der Waals surface area contributed by atoms with Crippen molar-refractivity contribution in [3.05, 3.63) is 12.0 Å². The molecular weight excluding hydrogens is 202 g/mol. The summed E-state index contributed by atoms with van der Waals surface area (Å²) in [6.07, 6.45) is 1.59. The first-order valence-electron chi connectivity index (χ1n) is 4.49. The molecule has 0 aliphatic carbocycles. The highest BCUT2D eigenvalue weighted by molar-refractivity contribution is 6.16. The van der Waals surface area contributed by atoms with Gasteiger partial charge in [0, 0.05) is 20.1 Å². The Morgan fingerprint density at radius 2 is 2.07 bits per heavy atom. The molecule has 0 aliphatic rings. The van der Waals surface area contributed by atoms with Gasteiger partial charge < -0.3 is 14.2 Å². The SMILES string of the molecule is CN(C)CCN(C)c1nc(CCl)co1. The normalized spacial score (nSPS) is 10.9. The van der Waals surface area contributed by atoms with Gasteiger partial charge in [0.05, 0.1) is 11.6 Å². The molecule has 0 aliphatic heterocycles. The second-order valence-corrected chi connectivity index (χ2v) is 3.75. The van der Waals surface area contributed by atoms with Crippen LogP contribution in [0.2, 0.25) is 0 Å². The quantitative estimate of drug-likeness (QED) is 0.699. The van der Waals surface area contributed by atoms with Gasteiger partial charge in [-0.15, -0.1) is 11.6 Å². The summed E-state index contributed by atoms with van der Waals surface area (Å²) < 4.78 is 5.26. The van der Waals surface area contributed by atoms with E-state index in [1.807, 2.05) is 26.0 Å². The topological polar surface area (TPSA) is 32.5 Å². The predicted octanol–water partition coefficient (Wildman–Crippen LogP) is 1.41. The zero-order chi connectivity index (χ0) is 10.6. The molecule has 0 saturated heterocycles. The van der Waals surface area contributed by atoms with Crippen LogP contribution in [0.25, 0.3) is 0 Å². The number of oxazole rings is 1. The van der Waals surface area contributed by atoms with Crippen molar-refractivity contribution in [2.75, 3.05) is 39.1 Å². The standard InChI is InChI=1S/C9H16ClN3O/c1-12(2)4-5-13(3)9-11-8(6-10)7-14-9/h7H,4-6H2,1-3H3. The Morgan fingerprint density at radius 3 is 2.57 bits per heavy atom. The van der Waals surface area contributed by atoms with E-state index in [-0.39, 0.29) is 0 Å². The summed E-state index contributed by atoms with van der Waals surface area (Å²) in [6.45, 7) is 1.85. The third-order valence-electron chi connectivity index (χ3n) is 1.89. The lowest BCUT2D eigenvalue weighted by molar-refractivity contribution is 0.410. The molecule has 80 valence electrons. The first kappa shape index (κ1) is 11.3. The van der Waals surface area contributed by atoms with Crippen LogP contribution in [-0.2, 0) is 5.88 Å². The van der Waals surface area contributed by atoms with Crippen LogP contribution in [0.4, 0.5) is 6.01 Å². The van der Waals surface area contributed by atoms with Gasteiger partial charge in [-0.25, -0.2) is 0 Å². The fraction of sp³-hybridized carbons (Fsp3) is 0.667. The number of halogens is 1. The van der Waals surface area contributed by atoms with E-state index in [1.54, 1.807) is 6.26 Å². The van der Waals surface area contributed by atoms with Crippen LogP contribution in [0.5, 0.6) is 0 Å². The lowest BCUT2D eigenvalue weighted by atomic mass is 10.5. The highest BCUT2D eigenvalue weighted by Crippen LogP contribution is 2.12. The summed E-state index contributed by atoms with van der Waals surface area (Å²) in [7, 11) is 6.02. The van der Waals surface area contributed by atoms with Crippen LogP contribution in [0.3, 0.4) is 0 Å². The summed E-state index contributed by atoms with van der Waals surface area (Å²) in [5, 5.41) is 0. The van der Waals surface area contributed by atoms with E-state index >= 15 is 0 Å². The molecule has 0 bridgehead atoms. The first-order chi connectivity index (χ1) is 6.63. The molecular formula is C9H16ClN3O. The van der Waals surface area contributed by atoms with E-state index in [0.717, 1.165) is 18.8 Å². The van der Waals surface area contributed by atoms with Gasteiger partial charge >= 0.3 is 0 Å². The van der Waals surface area contributed by atoms with Crippen molar-refractivity contribution in [3.63, 3.8) is 0 Å². The highest BCUT2D eigenvalue weighted by Gasteiger charge is 2.08. The van der Waals surface area contributed by atoms with E-state index < -0.39 is 0 Å². The molecule has 0 fully saturated rings. The van der Waals surface area contributed by atoms with Crippen LogP contribution in [0.15, 0.2) is 10.7 Å². The second-order valence-electron chi connectivity index (χ2n) is 3.48. The largest absolute Gasteiger partial charge is 0.432 e. The first-order valence-corrected chi connectivity index (χ1v) is 5.03. The smallest absolute Gasteiger partial charge is 0.297 e. The number of anilines is 1. The number of hydrogen-bond acceptors (Lipinski definition) is 4. The number of alkyl halides is 1. The zero-order valence-corrected chi connectivity index (χ0v) is 9.58. The number of likely N-dealkylation sites (N-methyl/N-ethyl adjacent to an activating group) is 2. The van der Waals surface area contributed by atoms with E-state index in [1.165, 1.54) is 0 Å². The molecule has 1 rings (SSSR count). The Morgan fingerprint density at radius 1 is 1.36 bits per heavy atom. The van der Waals surface area contributed by atoms with Gasteiger partial charge in [-0.2, -0.15) is 4.98 Å². The number of rotatable bonds is 5. The van der Waals surface area contributed by atoms with Crippen LogP contribution in [0.1, 0.15) is 5.69 Å². The number of hydrogen-bond donors (Lipinski definition) is 0. The number of aromatic nitrogens is 1. The third kappa shape index (κ3) is 3.20. The second kappa shape index (κ2) is 5.22. The third-order valence-corrected chi connectivity index (χ3v) is 2.16. The molecule has 0 radical (unpaired) electrons. The summed E-state index contributed by atoms with van der Waals surface area (Å²) in [5.74, 6) is 0.394. The maximum atomic E-state index is 5.62. The Bertz CT molecular complexity index is 275. The molecule has 0 aromatic carbocycles. The molecule has 0 spiro atoms. The van der Waals surface area contributed by atoms with Crippen molar-refractivity contribution >= 4 is 17.6 Å². The summed E-state index contributed by atoms with van der Waals surface area (Å²) in [5.41, 5.74) is 0.776. The lowest BCUT2D eigenvalue weighted by Gasteiger charge is -2.17. The van der Waals surface area contributed by atoms with Crippen molar-refractivity contribution in [1.29, 1.82) is 0 Å². The molecule has 0 saturated carbocycles. The van der Waals surface area contributed by atoms with Crippen molar-refractivity contribution in [3.8, 4) is 0 Å². The molecule has 0 atom stereocenters. The molecule has 0 unspecified atom stereocenters. The fourth-order valence-corrected chi connectivity index (χ4v) is 1.10. The molecule has 1 heterocycles. The Balaban J connectivity index is 2.47. The molecule has 5 heteroatoms. The van der Waals surface area contributed by atoms with Crippen LogP contribution >= 0.6 is 11.6 Å². The number of nitrogens with zero attached hydrogens (tertiary/aromatic N) is 3. The van der Waals surface area contributed by atoms with Crippen LogP contribution < -0.4 is 4.90 Å². The van der Waals surface area contributed by atoms with Crippen LogP contribution in [-0.4, -0.2) is 44.1 Å².